The number of hydrogen-bond acceptors (Lipinski definition) is 3. The molecule has 1 aliphatic rings. The number of nitrogens with one attached hydrogen (secondary N) is 1. The monoisotopic (exact) mass is 326 g/mol. The summed E-state index contributed by atoms with van der Waals surface area (Å²) in [6.07, 6.45) is 1.47. The number of halogens is 1. The quantitative estimate of drug-likeness (QED) is 0.816. The molecule has 3 N–H and O–H groups in total. The molecule has 0 bridgehead atoms. The number of nitrogens with two attached hydrogens (primary N) is 1. The Morgan fingerprint density at radius 1 is 1.47 bits per heavy atom. The molecule has 2 unspecified atom stereocenters. The molecule has 1 aliphatic carbocycles. The minimum Gasteiger partial charge on any atom is -0.398 e. The molecule has 1 fully saturated rings. The molecule has 0 saturated heterocycles. The summed E-state index contributed by atoms with van der Waals surface area (Å²) in [6.45, 7) is 8.24. The van der Waals surface area contributed by atoms with Crippen molar-refractivity contribution in [3.05, 3.63) is 28.2 Å². The topological polar surface area (TPSA) is 47.3 Å². The van der Waals surface area contributed by atoms with Gasteiger partial charge in [0.2, 0.25) is 0 Å². The van der Waals surface area contributed by atoms with Crippen LogP contribution in [0.2, 0.25) is 0 Å². The van der Waals surface area contributed by atoms with E-state index in [0.717, 1.165) is 29.7 Å². The maximum Gasteiger partial charge on any atom is 0.0655 e. The van der Waals surface area contributed by atoms with Gasteiger partial charge in [0.1, 0.15) is 0 Å². The van der Waals surface area contributed by atoms with Gasteiger partial charge in [0, 0.05) is 34.8 Å². The zero-order chi connectivity index (χ0) is 14.0. The van der Waals surface area contributed by atoms with E-state index in [2.05, 4.69) is 48.1 Å². The molecular formula is C15H23BrN2O. The van der Waals surface area contributed by atoms with Gasteiger partial charge in [-0.15, -0.1) is 0 Å². The van der Waals surface area contributed by atoms with Gasteiger partial charge in [0.25, 0.3) is 0 Å². The van der Waals surface area contributed by atoms with Crippen LogP contribution in [0.15, 0.2) is 22.7 Å². The van der Waals surface area contributed by atoms with Crippen molar-refractivity contribution < 1.29 is 4.74 Å². The lowest BCUT2D eigenvalue weighted by atomic mass is 9.64. The van der Waals surface area contributed by atoms with E-state index in [4.69, 9.17) is 10.5 Å². The van der Waals surface area contributed by atoms with Gasteiger partial charge in [-0.3, -0.25) is 0 Å². The predicted molar refractivity (Wildman–Crippen MR) is 83.0 cm³/mol. The Balaban J connectivity index is 1.88. The molecule has 1 aromatic rings. The van der Waals surface area contributed by atoms with E-state index in [-0.39, 0.29) is 5.41 Å². The molecule has 0 aromatic heterocycles. The Labute approximate surface area is 124 Å². The lowest BCUT2D eigenvalue weighted by Crippen LogP contribution is -2.60. The van der Waals surface area contributed by atoms with Crippen molar-refractivity contribution >= 4 is 21.6 Å². The fourth-order valence-corrected chi connectivity index (χ4v) is 2.91. The Hall–Kier alpha value is -0.580. The average molecular weight is 327 g/mol. The standard InChI is InChI=1S/C15H23BrN2O/c1-4-19-14-8-13(15(14,2)3)18-9-10-5-6-11(16)12(17)7-10/h5-7,13-14,18H,4,8-9,17H2,1-3H3. The molecule has 3 nitrogen and oxygen atoms in total. The molecule has 4 heteroatoms. The number of nitrogen functional groups attached to an aromatic ring is 1. The van der Waals surface area contributed by atoms with Gasteiger partial charge in [-0.1, -0.05) is 19.9 Å². The van der Waals surface area contributed by atoms with Crippen LogP contribution < -0.4 is 11.1 Å². The Morgan fingerprint density at radius 2 is 2.21 bits per heavy atom. The smallest absolute Gasteiger partial charge is 0.0655 e. The van der Waals surface area contributed by atoms with E-state index >= 15 is 0 Å². The zero-order valence-electron chi connectivity index (χ0n) is 11.9. The third kappa shape index (κ3) is 3.12. The van der Waals surface area contributed by atoms with Crippen molar-refractivity contribution in [3.8, 4) is 0 Å². The minimum absolute atomic E-state index is 0.205. The normalized spacial score (nSPS) is 25.1. The van der Waals surface area contributed by atoms with Crippen LogP contribution in [-0.4, -0.2) is 18.8 Å². The van der Waals surface area contributed by atoms with E-state index in [1.54, 1.807) is 0 Å². The van der Waals surface area contributed by atoms with Crippen LogP contribution in [0.25, 0.3) is 0 Å². The number of hydrogen-bond donors (Lipinski definition) is 2. The van der Waals surface area contributed by atoms with E-state index in [1.165, 1.54) is 5.56 Å². The highest BCUT2D eigenvalue weighted by atomic mass is 79.9. The van der Waals surface area contributed by atoms with Crippen molar-refractivity contribution in [2.24, 2.45) is 5.41 Å². The summed E-state index contributed by atoms with van der Waals surface area (Å²) in [6, 6.07) is 6.62. The second-order valence-corrected chi connectivity index (χ2v) is 6.64. The van der Waals surface area contributed by atoms with Crippen molar-refractivity contribution in [1.82, 2.24) is 5.32 Å². The molecule has 0 heterocycles. The van der Waals surface area contributed by atoms with Crippen LogP contribution in [-0.2, 0) is 11.3 Å². The molecule has 0 spiro atoms. The Bertz CT molecular complexity index is 448. The van der Waals surface area contributed by atoms with Gasteiger partial charge in [-0.2, -0.15) is 0 Å². The van der Waals surface area contributed by atoms with Gasteiger partial charge < -0.3 is 15.8 Å². The first-order valence-electron chi connectivity index (χ1n) is 6.84. The average Bonchev–Trinajstić information content (AvgIpc) is 2.37. The van der Waals surface area contributed by atoms with E-state index < -0.39 is 0 Å². The number of rotatable bonds is 5. The number of benzene rings is 1. The SMILES string of the molecule is CCOC1CC(NCc2ccc(Br)c(N)c2)C1(C)C. The van der Waals surface area contributed by atoms with E-state index in [0.29, 0.717) is 12.1 Å². The van der Waals surface area contributed by atoms with Gasteiger partial charge >= 0.3 is 0 Å². The minimum atomic E-state index is 0.205. The molecule has 1 aromatic carbocycles. The van der Waals surface area contributed by atoms with Crippen LogP contribution in [0.5, 0.6) is 0 Å². The largest absolute Gasteiger partial charge is 0.398 e. The molecule has 106 valence electrons. The molecular weight excluding hydrogens is 304 g/mol. The number of ether oxygens (including phenoxy) is 1. The van der Waals surface area contributed by atoms with Gasteiger partial charge in [-0.05, 0) is 47.0 Å². The third-order valence-corrected chi connectivity index (χ3v) is 4.88. The van der Waals surface area contributed by atoms with Crippen LogP contribution in [0.3, 0.4) is 0 Å². The van der Waals surface area contributed by atoms with Crippen LogP contribution >= 0.6 is 15.9 Å². The molecule has 2 rings (SSSR count). The summed E-state index contributed by atoms with van der Waals surface area (Å²) in [5.74, 6) is 0. The second-order valence-electron chi connectivity index (χ2n) is 5.79. The highest BCUT2D eigenvalue weighted by Crippen LogP contribution is 2.42. The van der Waals surface area contributed by atoms with Gasteiger partial charge in [-0.25, -0.2) is 0 Å². The Morgan fingerprint density at radius 3 is 2.79 bits per heavy atom. The maximum absolute atomic E-state index is 5.89. The summed E-state index contributed by atoms with van der Waals surface area (Å²) in [5, 5.41) is 3.61. The maximum atomic E-state index is 5.89. The molecule has 1 saturated carbocycles. The fourth-order valence-electron chi connectivity index (χ4n) is 2.66. The first-order chi connectivity index (χ1) is 8.95. The van der Waals surface area contributed by atoms with Crippen LogP contribution in [0.4, 0.5) is 5.69 Å². The van der Waals surface area contributed by atoms with E-state index in [1.807, 2.05) is 12.1 Å². The summed E-state index contributed by atoms with van der Waals surface area (Å²) in [5.41, 5.74) is 8.11. The first-order valence-corrected chi connectivity index (χ1v) is 7.63. The molecule has 2 atom stereocenters. The highest BCUT2D eigenvalue weighted by molar-refractivity contribution is 9.10. The van der Waals surface area contributed by atoms with Crippen molar-refractivity contribution in [1.29, 1.82) is 0 Å². The third-order valence-electron chi connectivity index (χ3n) is 4.16. The van der Waals surface area contributed by atoms with Crippen molar-refractivity contribution in [2.75, 3.05) is 12.3 Å². The lowest BCUT2D eigenvalue weighted by molar-refractivity contribution is -0.114. The van der Waals surface area contributed by atoms with Gasteiger partial charge in [0.05, 0.1) is 6.10 Å². The van der Waals surface area contributed by atoms with Crippen molar-refractivity contribution in [3.63, 3.8) is 0 Å². The van der Waals surface area contributed by atoms with E-state index in [9.17, 15) is 0 Å². The highest BCUT2D eigenvalue weighted by Gasteiger charge is 2.48. The fraction of sp³-hybridized carbons (Fsp3) is 0.600. The Kier molecular flexibility index (Phi) is 4.54. The van der Waals surface area contributed by atoms with Crippen LogP contribution in [0.1, 0.15) is 32.8 Å². The molecule has 0 aliphatic heterocycles. The summed E-state index contributed by atoms with van der Waals surface area (Å²) < 4.78 is 6.70. The molecule has 0 radical (unpaired) electrons. The molecule has 19 heavy (non-hydrogen) atoms. The second kappa shape index (κ2) is 5.81. The first kappa shape index (κ1) is 14.8. The number of anilines is 1. The summed E-state index contributed by atoms with van der Waals surface area (Å²) >= 11 is 3.42. The molecule has 0 amide bonds. The zero-order valence-corrected chi connectivity index (χ0v) is 13.5. The van der Waals surface area contributed by atoms with Crippen LogP contribution in [0, 0.1) is 5.41 Å². The van der Waals surface area contributed by atoms with Gasteiger partial charge in [0.15, 0.2) is 0 Å². The summed E-state index contributed by atoms with van der Waals surface area (Å²) in [7, 11) is 0. The summed E-state index contributed by atoms with van der Waals surface area (Å²) in [4.78, 5) is 0. The predicted octanol–water partition coefficient (Wildman–Crippen LogP) is 3.32. The van der Waals surface area contributed by atoms with Crippen molar-refractivity contribution in [2.45, 2.75) is 45.9 Å². The lowest BCUT2D eigenvalue weighted by Gasteiger charge is -2.52.